The maximum Gasteiger partial charge on any atom is 0.346 e. The molecular formula is C29H20FN3O5. The van der Waals surface area contributed by atoms with Crippen LogP contribution in [0.25, 0.3) is 5.70 Å². The normalized spacial score (nSPS) is 15.4. The number of esters is 1. The van der Waals surface area contributed by atoms with E-state index in [1.807, 2.05) is 0 Å². The minimum absolute atomic E-state index is 0.114. The van der Waals surface area contributed by atoms with Crippen molar-refractivity contribution in [2.45, 2.75) is 5.92 Å². The quantitative estimate of drug-likeness (QED) is 0.335. The monoisotopic (exact) mass is 509 g/mol. The Balaban J connectivity index is 1.53. The van der Waals surface area contributed by atoms with Gasteiger partial charge in [0.05, 0.1) is 16.8 Å². The predicted molar refractivity (Wildman–Crippen MR) is 138 cm³/mol. The molecule has 2 heterocycles. The molecule has 8 nitrogen and oxygen atoms in total. The van der Waals surface area contributed by atoms with Crippen molar-refractivity contribution in [1.29, 1.82) is 0 Å². The van der Waals surface area contributed by atoms with Crippen LogP contribution in [0.15, 0.2) is 88.0 Å². The molecule has 1 aromatic heterocycles. The summed E-state index contributed by atoms with van der Waals surface area (Å²) in [5.41, 5.74) is 1.43. The van der Waals surface area contributed by atoms with E-state index >= 15 is 0 Å². The highest BCUT2D eigenvalue weighted by Gasteiger charge is 2.42. The molecule has 0 bridgehead atoms. The zero-order valence-corrected chi connectivity index (χ0v) is 20.3. The third kappa shape index (κ3) is 3.36. The second-order valence-corrected chi connectivity index (χ2v) is 9.13. The van der Waals surface area contributed by atoms with E-state index < -0.39 is 29.0 Å². The zero-order chi connectivity index (χ0) is 26.7. The molecule has 0 spiro atoms. The standard InChI is InChI=1S/C29H20FN3O5/c1-32-26-23(27(35)33(2)29(32)37)21(22-24(31-26)17-10-3-4-11-18(17)25(22)34)15-8-7-9-16(14-15)38-28(36)19-12-5-6-13-20(19)30/h3-14,21,31H,1-2H3. The highest BCUT2D eigenvalue weighted by Crippen LogP contribution is 2.48. The summed E-state index contributed by atoms with van der Waals surface area (Å²) in [4.78, 5) is 52.5. The second-order valence-electron chi connectivity index (χ2n) is 9.13. The Hall–Kier alpha value is -5.05. The number of nitrogens with one attached hydrogen (secondary N) is 1. The first-order valence-corrected chi connectivity index (χ1v) is 11.8. The van der Waals surface area contributed by atoms with Crippen molar-refractivity contribution in [2.24, 2.45) is 14.1 Å². The molecule has 9 heteroatoms. The number of hydrogen-bond acceptors (Lipinski definition) is 6. The van der Waals surface area contributed by atoms with E-state index in [4.69, 9.17) is 4.74 Å². The van der Waals surface area contributed by atoms with Crippen LogP contribution in [0.4, 0.5) is 10.2 Å². The summed E-state index contributed by atoms with van der Waals surface area (Å²) in [6, 6.07) is 19.0. The number of carbonyl (C=O) groups excluding carboxylic acids is 2. The van der Waals surface area contributed by atoms with Crippen LogP contribution < -0.4 is 21.3 Å². The molecule has 188 valence electrons. The molecule has 0 saturated carbocycles. The highest BCUT2D eigenvalue weighted by atomic mass is 19.1. The number of rotatable bonds is 3. The molecular weight excluding hydrogens is 489 g/mol. The Morgan fingerprint density at radius 3 is 2.37 bits per heavy atom. The van der Waals surface area contributed by atoms with E-state index in [0.29, 0.717) is 28.0 Å². The van der Waals surface area contributed by atoms with Crippen molar-refractivity contribution >= 4 is 23.3 Å². The summed E-state index contributed by atoms with van der Waals surface area (Å²) in [5.74, 6) is -2.31. The Bertz CT molecular complexity index is 1850. The summed E-state index contributed by atoms with van der Waals surface area (Å²) >= 11 is 0. The van der Waals surface area contributed by atoms with E-state index in [1.54, 1.807) is 49.5 Å². The Morgan fingerprint density at radius 2 is 1.61 bits per heavy atom. The van der Waals surface area contributed by atoms with Gasteiger partial charge in [-0.1, -0.05) is 48.5 Å². The number of ether oxygens (including phenoxy) is 1. The number of nitrogens with zero attached hydrogens (tertiary/aromatic N) is 2. The van der Waals surface area contributed by atoms with Crippen LogP contribution >= 0.6 is 0 Å². The van der Waals surface area contributed by atoms with Crippen molar-refractivity contribution in [2.75, 3.05) is 5.32 Å². The third-order valence-corrected chi connectivity index (χ3v) is 6.97. The Labute approximate surface area is 215 Å². The minimum Gasteiger partial charge on any atom is -0.423 e. The van der Waals surface area contributed by atoms with Crippen LogP contribution in [0, 0.1) is 5.82 Å². The number of benzene rings is 3. The maximum atomic E-state index is 14.1. The van der Waals surface area contributed by atoms with E-state index in [9.17, 15) is 23.6 Å². The topological polar surface area (TPSA) is 99.4 Å². The minimum atomic E-state index is -0.881. The number of ketones is 1. The molecule has 0 fully saturated rings. The summed E-state index contributed by atoms with van der Waals surface area (Å²) in [5, 5.41) is 3.18. The summed E-state index contributed by atoms with van der Waals surface area (Å²) in [6.45, 7) is 0. The first kappa shape index (κ1) is 23.4. The number of Topliss-reactive ketones (excluding diaryl/α,β-unsaturated/α-hetero) is 1. The Kier molecular flexibility index (Phi) is 5.23. The molecule has 0 saturated heterocycles. The molecule has 1 N–H and O–H groups in total. The Morgan fingerprint density at radius 1 is 0.895 bits per heavy atom. The average molecular weight is 509 g/mol. The number of anilines is 1. The maximum absolute atomic E-state index is 14.1. The fourth-order valence-corrected chi connectivity index (χ4v) is 5.14. The molecule has 4 aromatic rings. The lowest BCUT2D eigenvalue weighted by atomic mass is 9.81. The number of fused-ring (bicyclic) bond motifs is 3. The summed E-state index contributed by atoms with van der Waals surface area (Å²) in [7, 11) is 2.93. The van der Waals surface area contributed by atoms with E-state index in [1.165, 1.54) is 35.9 Å². The van der Waals surface area contributed by atoms with Gasteiger partial charge in [-0.15, -0.1) is 0 Å². The van der Waals surface area contributed by atoms with Gasteiger partial charge in [-0.25, -0.2) is 14.0 Å². The molecule has 0 amide bonds. The number of carbonyl (C=O) groups is 2. The van der Waals surface area contributed by atoms with Crippen LogP contribution in [0.2, 0.25) is 0 Å². The number of hydrogen-bond donors (Lipinski definition) is 1. The molecule has 1 atom stereocenters. The first-order chi connectivity index (χ1) is 18.3. The largest absolute Gasteiger partial charge is 0.423 e. The predicted octanol–water partition coefficient (Wildman–Crippen LogP) is 3.61. The third-order valence-electron chi connectivity index (χ3n) is 6.97. The van der Waals surface area contributed by atoms with Crippen molar-refractivity contribution in [3.8, 4) is 5.75 Å². The molecule has 1 unspecified atom stereocenters. The molecule has 1 aliphatic carbocycles. The van der Waals surface area contributed by atoms with Crippen molar-refractivity contribution < 1.29 is 18.7 Å². The SMILES string of the molecule is Cn1c2c(c(=O)n(C)c1=O)C(c1cccc(OC(=O)c3ccccc3F)c1)C1=C(N2)c2ccccc2C1=O. The molecule has 0 radical (unpaired) electrons. The number of halogens is 1. The first-order valence-electron chi connectivity index (χ1n) is 11.8. The van der Waals surface area contributed by atoms with Gasteiger partial charge in [-0.05, 0) is 29.8 Å². The summed E-state index contributed by atoms with van der Waals surface area (Å²) < 4.78 is 21.9. The molecule has 6 rings (SSSR count). The van der Waals surface area contributed by atoms with Gasteiger partial charge in [0.25, 0.3) is 5.56 Å². The van der Waals surface area contributed by atoms with Gasteiger partial charge in [0, 0.05) is 36.7 Å². The van der Waals surface area contributed by atoms with Gasteiger partial charge in [0.2, 0.25) is 0 Å². The highest BCUT2D eigenvalue weighted by molar-refractivity contribution is 6.23. The lowest BCUT2D eigenvalue weighted by Gasteiger charge is -2.29. The van der Waals surface area contributed by atoms with Crippen LogP contribution in [-0.4, -0.2) is 20.9 Å². The van der Waals surface area contributed by atoms with Crippen LogP contribution in [-0.2, 0) is 14.1 Å². The fourth-order valence-electron chi connectivity index (χ4n) is 5.14. The second kappa shape index (κ2) is 8.52. The average Bonchev–Trinajstić information content (AvgIpc) is 3.21. The van der Waals surface area contributed by atoms with Gasteiger partial charge in [-0.2, -0.15) is 0 Å². The van der Waals surface area contributed by atoms with Crippen LogP contribution in [0.5, 0.6) is 5.75 Å². The fraction of sp³-hybridized carbons (Fsp3) is 0.103. The summed E-state index contributed by atoms with van der Waals surface area (Å²) in [6.07, 6.45) is 0. The number of allylic oxidation sites excluding steroid dienone is 1. The molecule has 3 aromatic carbocycles. The number of aromatic nitrogens is 2. The van der Waals surface area contributed by atoms with E-state index in [-0.39, 0.29) is 28.5 Å². The zero-order valence-electron chi connectivity index (χ0n) is 20.3. The van der Waals surface area contributed by atoms with Crippen molar-refractivity contribution in [3.63, 3.8) is 0 Å². The van der Waals surface area contributed by atoms with Gasteiger partial charge in [0.15, 0.2) is 5.78 Å². The smallest absolute Gasteiger partial charge is 0.346 e. The lowest BCUT2D eigenvalue weighted by Crippen LogP contribution is -2.42. The van der Waals surface area contributed by atoms with Crippen molar-refractivity contribution in [1.82, 2.24) is 9.13 Å². The van der Waals surface area contributed by atoms with Gasteiger partial charge >= 0.3 is 11.7 Å². The molecule has 2 aliphatic rings. The van der Waals surface area contributed by atoms with E-state index in [2.05, 4.69) is 5.32 Å². The van der Waals surface area contributed by atoms with Gasteiger partial charge in [0.1, 0.15) is 17.4 Å². The van der Waals surface area contributed by atoms with Gasteiger partial charge in [-0.3, -0.25) is 18.7 Å². The van der Waals surface area contributed by atoms with E-state index in [0.717, 1.165) is 10.6 Å². The molecule has 1 aliphatic heterocycles. The van der Waals surface area contributed by atoms with Gasteiger partial charge < -0.3 is 10.1 Å². The lowest BCUT2D eigenvalue weighted by molar-refractivity contribution is 0.0729. The van der Waals surface area contributed by atoms with Crippen LogP contribution in [0.3, 0.4) is 0 Å². The molecule has 38 heavy (non-hydrogen) atoms. The van der Waals surface area contributed by atoms with Crippen molar-refractivity contribution in [3.05, 3.63) is 133 Å². The van der Waals surface area contributed by atoms with Crippen LogP contribution in [0.1, 0.15) is 43.3 Å².